The minimum absolute atomic E-state index is 0.218. The van der Waals surface area contributed by atoms with Gasteiger partial charge in [-0.3, -0.25) is 4.98 Å². The third-order valence-corrected chi connectivity index (χ3v) is 5.59. The van der Waals surface area contributed by atoms with Gasteiger partial charge >= 0.3 is 0 Å². The Bertz CT molecular complexity index is 865. The molecule has 4 heterocycles. The Hall–Kier alpha value is -2.43. The molecule has 2 aromatic rings. The van der Waals surface area contributed by atoms with Crippen molar-refractivity contribution in [1.29, 1.82) is 5.26 Å². The molecule has 122 valence electrons. The SMILES string of the molecule is CC1(c2cc(-c3cncc(C#N)c3)cs2)CC2(COC2)OC(N)=N1. The van der Waals surface area contributed by atoms with E-state index in [-0.39, 0.29) is 11.6 Å². The number of thiophene rings is 1. The lowest BCUT2D eigenvalue weighted by atomic mass is 9.82. The normalized spacial score (nSPS) is 24.6. The summed E-state index contributed by atoms with van der Waals surface area (Å²) in [5.74, 6) is 0. The van der Waals surface area contributed by atoms with Crippen LogP contribution in [0.4, 0.5) is 0 Å². The van der Waals surface area contributed by atoms with E-state index in [1.807, 2.05) is 6.07 Å². The predicted molar refractivity (Wildman–Crippen MR) is 90.5 cm³/mol. The molecular formula is C17H16N4O2S. The second kappa shape index (κ2) is 5.30. The molecule has 1 fully saturated rings. The Kier molecular flexibility index (Phi) is 3.34. The molecule has 24 heavy (non-hydrogen) atoms. The maximum Gasteiger partial charge on any atom is 0.283 e. The fourth-order valence-corrected chi connectivity index (χ4v) is 4.28. The minimum atomic E-state index is -0.435. The lowest BCUT2D eigenvalue weighted by Crippen LogP contribution is -2.59. The van der Waals surface area contributed by atoms with Gasteiger partial charge in [0.05, 0.1) is 18.8 Å². The average molecular weight is 340 g/mol. The molecule has 0 aromatic carbocycles. The zero-order valence-electron chi connectivity index (χ0n) is 13.2. The standard InChI is InChI=1S/C17H16N4O2S/c1-16(8-17(9-22-10-17)23-15(19)21-16)14-3-13(7-24-14)12-2-11(4-18)5-20-6-12/h2-3,5-7H,8-10H2,1H3,(H2,19,21). The zero-order chi connectivity index (χ0) is 16.8. The van der Waals surface area contributed by atoms with Crippen molar-refractivity contribution < 1.29 is 9.47 Å². The number of nitriles is 1. The van der Waals surface area contributed by atoms with Crippen LogP contribution in [0.15, 0.2) is 34.9 Å². The van der Waals surface area contributed by atoms with Crippen molar-refractivity contribution in [2.75, 3.05) is 13.2 Å². The van der Waals surface area contributed by atoms with Crippen molar-refractivity contribution in [2.45, 2.75) is 24.5 Å². The van der Waals surface area contributed by atoms with Crippen molar-refractivity contribution in [3.8, 4) is 17.2 Å². The van der Waals surface area contributed by atoms with Crippen molar-refractivity contribution in [3.05, 3.63) is 40.3 Å². The van der Waals surface area contributed by atoms with Gasteiger partial charge in [0.2, 0.25) is 0 Å². The molecule has 0 bridgehead atoms. The van der Waals surface area contributed by atoms with Gasteiger partial charge in [0.1, 0.15) is 11.6 Å². The van der Waals surface area contributed by atoms with Crippen LogP contribution >= 0.6 is 11.3 Å². The van der Waals surface area contributed by atoms with Gasteiger partial charge in [-0.1, -0.05) is 0 Å². The fourth-order valence-electron chi connectivity index (χ4n) is 3.25. The summed E-state index contributed by atoms with van der Waals surface area (Å²) < 4.78 is 11.0. The highest BCUT2D eigenvalue weighted by Gasteiger charge is 2.51. The van der Waals surface area contributed by atoms with E-state index in [0.717, 1.165) is 22.4 Å². The van der Waals surface area contributed by atoms with Crippen LogP contribution in [0.5, 0.6) is 0 Å². The first-order chi connectivity index (χ1) is 11.5. The van der Waals surface area contributed by atoms with Crippen LogP contribution in [0.3, 0.4) is 0 Å². The lowest BCUT2D eigenvalue weighted by molar-refractivity contribution is -0.186. The monoisotopic (exact) mass is 340 g/mol. The molecule has 1 saturated heterocycles. The molecule has 1 atom stereocenters. The molecule has 2 aromatic heterocycles. The summed E-state index contributed by atoms with van der Waals surface area (Å²) in [7, 11) is 0. The minimum Gasteiger partial charge on any atom is -0.454 e. The number of nitrogens with two attached hydrogens (primary N) is 1. The van der Waals surface area contributed by atoms with Crippen molar-refractivity contribution in [3.63, 3.8) is 0 Å². The number of hydrogen-bond donors (Lipinski definition) is 1. The van der Waals surface area contributed by atoms with Gasteiger partial charge in [0.15, 0.2) is 5.60 Å². The molecule has 0 radical (unpaired) electrons. The van der Waals surface area contributed by atoms with Gasteiger partial charge in [-0.25, -0.2) is 4.99 Å². The van der Waals surface area contributed by atoms with Crippen LogP contribution in [0.25, 0.3) is 11.1 Å². The number of rotatable bonds is 2. The maximum absolute atomic E-state index is 9.03. The number of pyridine rings is 1. The fraction of sp³-hybridized carbons (Fsp3) is 0.353. The third kappa shape index (κ3) is 2.44. The topological polar surface area (TPSA) is 93.5 Å². The van der Waals surface area contributed by atoms with Crippen LogP contribution in [0.1, 0.15) is 23.8 Å². The predicted octanol–water partition coefficient (Wildman–Crippen LogP) is 2.40. The van der Waals surface area contributed by atoms with E-state index in [1.165, 1.54) is 0 Å². The molecule has 7 heteroatoms. The van der Waals surface area contributed by atoms with Gasteiger partial charge in [-0.2, -0.15) is 5.26 Å². The van der Waals surface area contributed by atoms with Crippen LogP contribution in [0, 0.1) is 11.3 Å². The van der Waals surface area contributed by atoms with E-state index in [2.05, 4.69) is 34.4 Å². The Morgan fingerprint density at radius 3 is 2.83 bits per heavy atom. The molecule has 2 aliphatic heterocycles. The maximum atomic E-state index is 9.03. The van der Waals surface area contributed by atoms with E-state index in [1.54, 1.807) is 23.7 Å². The summed E-state index contributed by atoms with van der Waals surface area (Å²) in [6.45, 7) is 3.17. The summed E-state index contributed by atoms with van der Waals surface area (Å²) in [6.07, 6.45) is 4.05. The van der Waals surface area contributed by atoms with Gasteiger partial charge < -0.3 is 15.2 Å². The Balaban J connectivity index is 1.69. The van der Waals surface area contributed by atoms with Crippen LogP contribution in [-0.4, -0.2) is 29.8 Å². The van der Waals surface area contributed by atoms with Crippen molar-refractivity contribution in [1.82, 2.24) is 4.98 Å². The first-order valence-electron chi connectivity index (χ1n) is 7.59. The van der Waals surface area contributed by atoms with E-state index in [4.69, 9.17) is 20.5 Å². The molecule has 2 aliphatic rings. The van der Waals surface area contributed by atoms with Gasteiger partial charge in [-0.05, 0) is 30.0 Å². The molecule has 0 aliphatic carbocycles. The summed E-state index contributed by atoms with van der Waals surface area (Å²) in [4.78, 5) is 9.80. The molecule has 1 spiro atoms. The van der Waals surface area contributed by atoms with E-state index >= 15 is 0 Å². The second-order valence-corrected chi connectivity index (χ2v) is 7.36. The van der Waals surface area contributed by atoms with Gasteiger partial charge in [-0.15, -0.1) is 11.3 Å². The zero-order valence-corrected chi connectivity index (χ0v) is 14.0. The smallest absolute Gasteiger partial charge is 0.283 e. The first kappa shape index (κ1) is 15.1. The summed E-state index contributed by atoms with van der Waals surface area (Å²) in [5.41, 5.74) is 7.63. The first-order valence-corrected chi connectivity index (χ1v) is 8.47. The van der Waals surface area contributed by atoms with Crippen molar-refractivity contribution in [2.24, 2.45) is 10.7 Å². The average Bonchev–Trinajstić information content (AvgIpc) is 3.03. The quantitative estimate of drug-likeness (QED) is 0.906. The lowest BCUT2D eigenvalue weighted by Gasteiger charge is -2.47. The van der Waals surface area contributed by atoms with Crippen LogP contribution < -0.4 is 5.73 Å². The van der Waals surface area contributed by atoms with Gasteiger partial charge in [0, 0.05) is 29.3 Å². The summed E-state index contributed by atoms with van der Waals surface area (Å²) >= 11 is 1.63. The molecule has 0 amide bonds. The Morgan fingerprint density at radius 2 is 2.12 bits per heavy atom. The second-order valence-electron chi connectivity index (χ2n) is 6.45. The molecule has 4 rings (SSSR count). The van der Waals surface area contributed by atoms with Crippen LogP contribution in [-0.2, 0) is 15.0 Å². The highest BCUT2D eigenvalue weighted by molar-refractivity contribution is 7.10. The molecule has 1 unspecified atom stereocenters. The van der Waals surface area contributed by atoms with Crippen LogP contribution in [0.2, 0.25) is 0 Å². The number of aromatic nitrogens is 1. The number of hydrogen-bond acceptors (Lipinski definition) is 7. The summed E-state index contributed by atoms with van der Waals surface area (Å²) in [5, 5.41) is 11.1. The van der Waals surface area contributed by atoms with E-state index in [0.29, 0.717) is 18.8 Å². The Labute approximate surface area is 143 Å². The number of ether oxygens (including phenoxy) is 2. The number of aliphatic imine (C=N–C) groups is 1. The molecular weight excluding hydrogens is 324 g/mol. The molecule has 2 N–H and O–H groups in total. The van der Waals surface area contributed by atoms with E-state index < -0.39 is 5.54 Å². The largest absolute Gasteiger partial charge is 0.454 e. The molecule has 6 nitrogen and oxygen atoms in total. The highest BCUT2D eigenvalue weighted by Crippen LogP contribution is 2.45. The van der Waals surface area contributed by atoms with Gasteiger partial charge in [0.25, 0.3) is 6.02 Å². The highest BCUT2D eigenvalue weighted by atomic mass is 32.1. The number of nitrogens with zero attached hydrogens (tertiary/aromatic N) is 3. The van der Waals surface area contributed by atoms with Crippen molar-refractivity contribution >= 4 is 17.4 Å². The molecule has 0 saturated carbocycles. The third-order valence-electron chi connectivity index (χ3n) is 4.41. The van der Waals surface area contributed by atoms with E-state index in [9.17, 15) is 0 Å². The number of amidine groups is 1. The summed E-state index contributed by atoms with van der Waals surface area (Å²) in [6, 6.07) is 6.27. The Morgan fingerprint density at radius 1 is 1.29 bits per heavy atom.